The van der Waals surface area contributed by atoms with Crippen molar-refractivity contribution in [1.82, 2.24) is 4.90 Å². The van der Waals surface area contributed by atoms with Crippen LogP contribution in [0, 0.1) is 0 Å². The summed E-state index contributed by atoms with van der Waals surface area (Å²) in [6.07, 6.45) is 1.66. The summed E-state index contributed by atoms with van der Waals surface area (Å²) in [6, 6.07) is 16.5. The van der Waals surface area contributed by atoms with Gasteiger partial charge in [-0.3, -0.25) is 4.79 Å². The van der Waals surface area contributed by atoms with Gasteiger partial charge in [0, 0.05) is 23.5 Å². The molecular weight excluding hydrogens is 410 g/mol. The molecule has 2 aromatic rings. The maximum absolute atomic E-state index is 12.8. The van der Waals surface area contributed by atoms with Gasteiger partial charge in [0.15, 0.2) is 5.17 Å². The molecule has 0 aliphatic carbocycles. The van der Waals surface area contributed by atoms with Crippen LogP contribution in [0.2, 0.25) is 0 Å². The summed E-state index contributed by atoms with van der Waals surface area (Å²) in [4.78, 5) is 32.4. The number of esters is 1. The number of fused-ring (bicyclic) bond motifs is 1. The number of aliphatic imine (C=N–C) groups is 1. The van der Waals surface area contributed by atoms with E-state index in [2.05, 4.69) is 10.2 Å². The Hall–Kier alpha value is -3.06. The van der Waals surface area contributed by atoms with Crippen LogP contribution in [-0.4, -0.2) is 41.4 Å². The number of nitrogens with one attached hydrogen (secondary N) is 1. The van der Waals surface area contributed by atoms with E-state index in [1.54, 1.807) is 23.9 Å². The number of nitrogens with zero attached hydrogens (tertiary/aromatic N) is 2. The molecular formula is C24H25N3O3S. The van der Waals surface area contributed by atoms with Crippen molar-refractivity contribution < 1.29 is 14.3 Å². The zero-order valence-electron chi connectivity index (χ0n) is 17.6. The van der Waals surface area contributed by atoms with E-state index >= 15 is 0 Å². The third kappa shape index (κ3) is 4.37. The zero-order valence-corrected chi connectivity index (χ0v) is 18.4. The van der Waals surface area contributed by atoms with Crippen LogP contribution in [0.4, 0.5) is 5.69 Å². The molecule has 1 N–H and O–H groups in total. The molecule has 4 rings (SSSR count). The first-order valence-corrected chi connectivity index (χ1v) is 11.4. The van der Waals surface area contributed by atoms with Gasteiger partial charge in [0.2, 0.25) is 0 Å². The molecule has 2 aliphatic rings. The Labute approximate surface area is 186 Å². The average Bonchev–Trinajstić information content (AvgIpc) is 2.83. The number of thioether (sulfide) groups is 1. The van der Waals surface area contributed by atoms with Gasteiger partial charge in [0.05, 0.1) is 24.4 Å². The SMILES string of the molecule is CCC1=C(C(=O)OC)[C@@H](c2cccc(NC(=O)c3ccccc3)c2)N2CCCSC2=N1. The van der Waals surface area contributed by atoms with Gasteiger partial charge >= 0.3 is 5.97 Å². The fourth-order valence-corrected chi connectivity index (χ4v) is 4.93. The highest BCUT2D eigenvalue weighted by Gasteiger charge is 2.38. The van der Waals surface area contributed by atoms with Crippen molar-refractivity contribution in [1.29, 1.82) is 0 Å². The van der Waals surface area contributed by atoms with Crippen LogP contribution < -0.4 is 5.32 Å². The molecule has 2 aliphatic heterocycles. The van der Waals surface area contributed by atoms with E-state index in [4.69, 9.17) is 9.73 Å². The standard InChI is InChI=1S/C24H25N3O3S/c1-3-19-20(23(29)30-2)21(27-13-8-14-31-24(27)26-19)17-11-7-12-18(15-17)25-22(28)16-9-5-4-6-10-16/h4-7,9-12,15,21H,3,8,13-14H2,1-2H3,(H,25,28)/t21-/m1/s1. The van der Waals surface area contributed by atoms with Crippen LogP contribution in [0.25, 0.3) is 0 Å². The highest BCUT2D eigenvalue weighted by molar-refractivity contribution is 8.13. The molecule has 7 heteroatoms. The third-order valence-electron chi connectivity index (χ3n) is 5.38. The maximum Gasteiger partial charge on any atom is 0.338 e. The lowest BCUT2D eigenvalue weighted by Gasteiger charge is -2.40. The van der Waals surface area contributed by atoms with Gasteiger partial charge in [-0.05, 0) is 42.7 Å². The summed E-state index contributed by atoms with van der Waals surface area (Å²) in [6.45, 7) is 2.81. The van der Waals surface area contributed by atoms with Crippen molar-refractivity contribution in [3.05, 3.63) is 77.0 Å². The fourth-order valence-electron chi connectivity index (χ4n) is 3.94. The fraction of sp³-hybridized carbons (Fsp3) is 0.292. The Morgan fingerprint density at radius 1 is 1.19 bits per heavy atom. The average molecular weight is 436 g/mol. The van der Waals surface area contributed by atoms with E-state index in [1.807, 2.05) is 49.4 Å². The summed E-state index contributed by atoms with van der Waals surface area (Å²) in [7, 11) is 1.40. The molecule has 6 nitrogen and oxygen atoms in total. The van der Waals surface area contributed by atoms with Gasteiger partial charge in [-0.25, -0.2) is 9.79 Å². The molecule has 1 amide bonds. The molecule has 0 unspecified atom stereocenters. The minimum Gasteiger partial charge on any atom is -0.466 e. The van der Waals surface area contributed by atoms with Gasteiger partial charge in [-0.2, -0.15) is 0 Å². The minimum absolute atomic E-state index is 0.171. The van der Waals surface area contributed by atoms with E-state index in [-0.39, 0.29) is 17.9 Å². The number of rotatable bonds is 5. The lowest BCUT2D eigenvalue weighted by Crippen LogP contribution is -2.42. The lowest BCUT2D eigenvalue weighted by atomic mass is 9.93. The number of methoxy groups -OCH3 is 1. The van der Waals surface area contributed by atoms with E-state index in [9.17, 15) is 9.59 Å². The molecule has 0 aromatic heterocycles. The van der Waals surface area contributed by atoms with Crippen molar-refractivity contribution in [2.75, 3.05) is 24.7 Å². The second kappa shape index (κ2) is 9.39. The smallest absolute Gasteiger partial charge is 0.338 e. The molecule has 160 valence electrons. The van der Waals surface area contributed by atoms with Crippen LogP contribution in [-0.2, 0) is 9.53 Å². The van der Waals surface area contributed by atoms with Gasteiger partial charge < -0.3 is 15.0 Å². The Morgan fingerprint density at radius 3 is 2.74 bits per heavy atom. The van der Waals surface area contributed by atoms with E-state index < -0.39 is 0 Å². The molecule has 0 radical (unpaired) electrons. The number of benzene rings is 2. The highest BCUT2D eigenvalue weighted by atomic mass is 32.2. The number of ether oxygens (including phenoxy) is 1. The molecule has 1 saturated heterocycles. The van der Waals surface area contributed by atoms with Crippen LogP contribution in [0.1, 0.15) is 41.7 Å². The second-order valence-corrected chi connectivity index (χ2v) is 8.41. The Bertz CT molecular complexity index is 1050. The highest BCUT2D eigenvalue weighted by Crippen LogP contribution is 2.41. The molecule has 2 aromatic carbocycles. The topological polar surface area (TPSA) is 71.0 Å². The number of amidine groups is 1. The predicted molar refractivity (Wildman–Crippen MR) is 124 cm³/mol. The summed E-state index contributed by atoms with van der Waals surface area (Å²) >= 11 is 1.72. The molecule has 0 bridgehead atoms. The molecule has 2 heterocycles. The molecule has 1 fully saturated rings. The number of carbonyl (C=O) groups is 2. The molecule has 0 saturated carbocycles. The maximum atomic E-state index is 12.8. The number of amides is 1. The quantitative estimate of drug-likeness (QED) is 0.694. The lowest BCUT2D eigenvalue weighted by molar-refractivity contribution is -0.137. The summed E-state index contributed by atoms with van der Waals surface area (Å²) in [5.74, 6) is 0.480. The number of allylic oxidation sites excluding steroid dienone is 1. The number of hydrogen-bond donors (Lipinski definition) is 1. The Balaban J connectivity index is 1.71. The van der Waals surface area contributed by atoms with Crippen molar-refractivity contribution in [3.63, 3.8) is 0 Å². The molecule has 1 atom stereocenters. The number of anilines is 1. The van der Waals surface area contributed by atoms with E-state index in [0.29, 0.717) is 23.2 Å². The third-order valence-corrected chi connectivity index (χ3v) is 6.46. The van der Waals surface area contributed by atoms with Gasteiger partial charge in [0.25, 0.3) is 5.91 Å². The predicted octanol–water partition coefficient (Wildman–Crippen LogP) is 4.63. The van der Waals surface area contributed by atoms with Crippen molar-refractivity contribution >= 4 is 34.5 Å². The molecule has 31 heavy (non-hydrogen) atoms. The van der Waals surface area contributed by atoms with E-state index in [1.165, 1.54) is 7.11 Å². The Morgan fingerprint density at radius 2 is 2.00 bits per heavy atom. The summed E-state index contributed by atoms with van der Waals surface area (Å²) in [5.41, 5.74) is 3.53. The first-order chi connectivity index (χ1) is 15.1. The first kappa shape index (κ1) is 21.2. The van der Waals surface area contributed by atoms with Gasteiger partial charge in [-0.1, -0.05) is 49.0 Å². The number of carbonyl (C=O) groups excluding carboxylic acids is 2. The molecule has 0 spiro atoms. The monoisotopic (exact) mass is 435 g/mol. The van der Waals surface area contributed by atoms with Crippen LogP contribution in [0.3, 0.4) is 0 Å². The number of hydrogen-bond acceptors (Lipinski definition) is 6. The van der Waals surface area contributed by atoms with Crippen LogP contribution in [0.5, 0.6) is 0 Å². The van der Waals surface area contributed by atoms with Crippen molar-refractivity contribution in [2.45, 2.75) is 25.8 Å². The normalized spacial score (nSPS) is 18.2. The van der Waals surface area contributed by atoms with Gasteiger partial charge in [-0.15, -0.1) is 0 Å². The summed E-state index contributed by atoms with van der Waals surface area (Å²) in [5, 5.41) is 3.91. The Kier molecular flexibility index (Phi) is 6.42. The van der Waals surface area contributed by atoms with Gasteiger partial charge in [0.1, 0.15) is 0 Å². The van der Waals surface area contributed by atoms with Crippen molar-refractivity contribution in [3.8, 4) is 0 Å². The first-order valence-electron chi connectivity index (χ1n) is 10.4. The van der Waals surface area contributed by atoms with E-state index in [0.717, 1.165) is 35.1 Å². The minimum atomic E-state index is -0.362. The van der Waals surface area contributed by atoms with Crippen molar-refractivity contribution in [2.24, 2.45) is 4.99 Å². The summed E-state index contributed by atoms with van der Waals surface area (Å²) < 4.78 is 5.14. The van der Waals surface area contributed by atoms with Crippen LogP contribution in [0.15, 0.2) is 70.9 Å². The zero-order chi connectivity index (χ0) is 21.8. The second-order valence-electron chi connectivity index (χ2n) is 7.34. The van der Waals surface area contributed by atoms with Crippen LogP contribution >= 0.6 is 11.8 Å². The largest absolute Gasteiger partial charge is 0.466 e.